The Hall–Kier alpha value is -0.670. The number of benzene rings is 1. The van der Waals surface area contributed by atoms with E-state index in [0.717, 1.165) is 17.7 Å². The summed E-state index contributed by atoms with van der Waals surface area (Å²) in [5.41, 5.74) is 0. The van der Waals surface area contributed by atoms with Crippen molar-refractivity contribution < 1.29 is 9.32 Å². The van der Waals surface area contributed by atoms with Gasteiger partial charge in [-0.1, -0.05) is 18.2 Å². The van der Waals surface area contributed by atoms with Crippen LogP contribution in [0.3, 0.4) is 0 Å². The highest BCUT2D eigenvalue weighted by Gasteiger charge is 2.48. The van der Waals surface area contributed by atoms with E-state index in [9.17, 15) is 4.21 Å². The summed E-state index contributed by atoms with van der Waals surface area (Å²) in [4.78, 5) is 0.828. The van der Waals surface area contributed by atoms with Crippen LogP contribution >= 0.6 is 0 Å². The minimum atomic E-state index is -1.03. The fourth-order valence-corrected chi connectivity index (χ4v) is 2.83. The zero-order chi connectivity index (χ0) is 9.31. The number of rotatable bonds is 3. The van der Waals surface area contributed by atoms with E-state index in [1.807, 2.05) is 30.3 Å². The highest BCUT2D eigenvalue weighted by atomic mass is 32.2. The Morgan fingerprint density at radius 3 is 2.38 bits per heavy atom. The Morgan fingerprint density at radius 2 is 1.92 bits per heavy atom. The summed E-state index contributed by atoms with van der Waals surface area (Å²) in [6.45, 7) is 0.0362. The van der Waals surface area contributed by atoms with Crippen molar-refractivity contribution in [1.29, 1.82) is 0 Å². The van der Waals surface area contributed by atoms with Crippen LogP contribution in [0.4, 0.5) is 0 Å². The van der Waals surface area contributed by atoms with Crippen LogP contribution in [0.2, 0.25) is 0 Å². The second-order valence-electron chi connectivity index (χ2n) is 3.42. The molecule has 0 spiro atoms. The van der Waals surface area contributed by atoms with Gasteiger partial charge in [0.2, 0.25) is 0 Å². The summed E-state index contributed by atoms with van der Waals surface area (Å²) < 4.78 is 11.6. The summed E-state index contributed by atoms with van der Waals surface area (Å²) in [5, 5.41) is 9.10. The zero-order valence-corrected chi connectivity index (χ0v) is 8.09. The SMILES string of the molecule is O=S(c1ccccc1)C1(CO)CC1. The van der Waals surface area contributed by atoms with Gasteiger partial charge in [0, 0.05) is 4.90 Å². The lowest BCUT2D eigenvalue weighted by atomic mass is 10.4. The van der Waals surface area contributed by atoms with E-state index in [1.165, 1.54) is 0 Å². The quantitative estimate of drug-likeness (QED) is 0.791. The molecule has 2 rings (SSSR count). The lowest BCUT2D eigenvalue weighted by Gasteiger charge is -2.10. The minimum absolute atomic E-state index is 0.0362. The van der Waals surface area contributed by atoms with Gasteiger partial charge in [-0.2, -0.15) is 0 Å². The molecule has 3 heteroatoms. The molecule has 2 nitrogen and oxygen atoms in total. The average molecular weight is 196 g/mol. The van der Waals surface area contributed by atoms with Crippen LogP contribution in [0.25, 0.3) is 0 Å². The van der Waals surface area contributed by atoms with E-state index in [0.29, 0.717) is 0 Å². The molecule has 1 atom stereocenters. The Bertz CT molecular complexity index is 317. The van der Waals surface area contributed by atoms with E-state index in [1.54, 1.807) is 0 Å². The second kappa shape index (κ2) is 3.24. The van der Waals surface area contributed by atoms with Crippen molar-refractivity contribution in [2.75, 3.05) is 6.61 Å². The van der Waals surface area contributed by atoms with Crippen molar-refractivity contribution in [3.8, 4) is 0 Å². The fraction of sp³-hybridized carbons (Fsp3) is 0.400. The monoisotopic (exact) mass is 196 g/mol. The molecule has 1 aliphatic carbocycles. The largest absolute Gasteiger partial charge is 0.395 e. The first-order valence-corrected chi connectivity index (χ1v) is 5.51. The van der Waals surface area contributed by atoms with Crippen LogP contribution in [0.15, 0.2) is 35.2 Å². The Balaban J connectivity index is 2.24. The highest BCUT2D eigenvalue weighted by Crippen LogP contribution is 2.43. The first-order valence-electron chi connectivity index (χ1n) is 4.36. The van der Waals surface area contributed by atoms with Crippen molar-refractivity contribution in [1.82, 2.24) is 0 Å². The Morgan fingerprint density at radius 1 is 1.31 bits per heavy atom. The minimum Gasteiger partial charge on any atom is -0.395 e. The maximum absolute atomic E-state index is 11.9. The average Bonchev–Trinajstić information content (AvgIpc) is 2.99. The summed E-state index contributed by atoms with van der Waals surface area (Å²) in [5.74, 6) is 0. The standard InChI is InChI=1S/C10H12O2S/c11-8-10(6-7-10)13(12)9-4-2-1-3-5-9/h1-5,11H,6-8H2. The van der Waals surface area contributed by atoms with E-state index < -0.39 is 10.8 Å². The molecule has 1 aliphatic rings. The van der Waals surface area contributed by atoms with E-state index in [-0.39, 0.29) is 11.4 Å². The van der Waals surface area contributed by atoms with Crippen LogP contribution < -0.4 is 0 Å². The first kappa shape index (κ1) is 8.91. The zero-order valence-electron chi connectivity index (χ0n) is 7.27. The van der Waals surface area contributed by atoms with E-state index >= 15 is 0 Å². The molecular weight excluding hydrogens is 184 g/mol. The summed E-state index contributed by atoms with van der Waals surface area (Å²) in [7, 11) is -1.03. The van der Waals surface area contributed by atoms with Gasteiger partial charge in [0.25, 0.3) is 0 Å². The highest BCUT2D eigenvalue weighted by molar-refractivity contribution is 7.86. The molecule has 13 heavy (non-hydrogen) atoms. The number of aliphatic hydroxyl groups excluding tert-OH is 1. The second-order valence-corrected chi connectivity index (χ2v) is 5.30. The maximum atomic E-state index is 11.9. The van der Waals surface area contributed by atoms with Gasteiger partial charge in [-0.05, 0) is 25.0 Å². The summed E-state index contributed by atoms with van der Waals surface area (Å²) in [6.07, 6.45) is 1.76. The molecule has 1 aromatic carbocycles. The van der Waals surface area contributed by atoms with Gasteiger partial charge in [0.1, 0.15) is 0 Å². The van der Waals surface area contributed by atoms with Crippen molar-refractivity contribution in [2.45, 2.75) is 22.5 Å². The summed E-state index contributed by atoms with van der Waals surface area (Å²) >= 11 is 0. The van der Waals surface area contributed by atoms with E-state index in [2.05, 4.69) is 0 Å². The lowest BCUT2D eigenvalue weighted by molar-refractivity contribution is 0.286. The molecule has 1 fully saturated rings. The van der Waals surface area contributed by atoms with Crippen LogP contribution in [0.5, 0.6) is 0 Å². The van der Waals surface area contributed by atoms with Gasteiger partial charge in [0.05, 0.1) is 22.2 Å². The smallest absolute Gasteiger partial charge is 0.0736 e. The van der Waals surface area contributed by atoms with Crippen LogP contribution in [-0.4, -0.2) is 20.7 Å². The number of hydrogen-bond acceptors (Lipinski definition) is 2. The molecule has 0 radical (unpaired) electrons. The predicted octanol–water partition coefficient (Wildman–Crippen LogP) is 1.32. The van der Waals surface area contributed by atoms with Crippen LogP contribution in [-0.2, 0) is 10.8 Å². The maximum Gasteiger partial charge on any atom is 0.0736 e. The normalized spacial score (nSPS) is 21.0. The molecule has 1 unspecified atom stereocenters. The van der Waals surface area contributed by atoms with Gasteiger partial charge in [0.15, 0.2) is 0 Å². The molecule has 0 amide bonds. The molecule has 0 heterocycles. The summed E-state index contributed by atoms with van der Waals surface area (Å²) in [6, 6.07) is 9.36. The third-order valence-electron chi connectivity index (χ3n) is 2.45. The van der Waals surface area contributed by atoms with Crippen molar-refractivity contribution in [3.63, 3.8) is 0 Å². The van der Waals surface area contributed by atoms with Crippen LogP contribution in [0.1, 0.15) is 12.8 Å². The van der Waals surface area contributed by atoms with Gasteiger partial charge < -0.3 is 5.11 Å². The molecule has 0 saturated heterocycles. The molecule has 0 aliphatic heterocycles. The van der Waals surface area contributed by atoms with Gasteiger partial charge >= 0.3 is 0 Å². The molecule has 1 N–H and O–H groups in total. The molecule has 0 aromatic heterocycles. The van der Waals surface area contributed by atoms with Gasteiger partial charge in [-0.3, -0.25) is 4.21 Å². The number of aliphatic hydroxyl groups is 1. The van der Waals surface area contributed by atoms with Crippen molar-refractivity contribution >= 4 is 10.8 Å². The lowest BCUT2D eigenvalue weighted by Crippen LogP contribution is -2.21. The molecule has 0 bridgehead atoms. The third kappa shape index (κ3) is 1.54. The van der Waals surface area contributed by atoms with E-state index in [4.69, 9.17) is 5.11 Å². The molecular formula is C10H12O2S. The number of hydrogen-bond donors (Lipinski definition) is 1. The van der Waals surface area contributed by atoms with Crippen molar-refractivity contribution in [3.05, 3.63) is 30.3 Å². The predicted molar refractivity (Wildman–Crippen MR) is 51.9 cm³/mol. The Labute approximate surface area is 80.1 Å². The van der Waals surface area contributed by atoms with Gasteiger partial charge in [-0.25, -0.2) is 0 Å². The molecule has 70 valence electrons. The van der Waals surface area contributed by atoms with Crippen LogP contribution in [0, 0.1) is 0 Å². The molecule has 1 aromatic rings. The first-order chi connectivity index (χ1) is 6.28. The fourth-order valence-electron chi connectivity index (χ4n) is 1.34. The van der Waals surface area contributed by atoms with Crippen molar-refractivity contribution in [2.24, 2.45) is 0 Å². The molecule has 1 saturated carbocycles. The Kier molecular flexibility index (Phi) is 2.22. The topological polar surface area (TPSA) is 37.3 Å². The third-order valence-corrected chi connectivity index (χ3v) is 4.47. The van der Waals surface area contributed by atoms with Gasteiger partial charge in [-0.15, -0.1) is 0 Å².